The molecule has 0 radical (unpaired) electrons. The first-order valence-electron chi connectivity index (χ1n) is 20.2. The molecule has 0 aromatic heterocycles. The molecule has 0 fully saturated rings. The molecule has 44 heavy (non-hydrogen) atoms. The van der Waals surface area contributed by atoms with E-state index in [1.165, 1.54) is 193 Å². The molecule has 0 aromatic carbocycles. The second-order valence-electron chi connectivity index (χ2n) is 13.9. The topological polar surface area (TPSA) is 37.3 Å². The Hall–Kier alpha value is -1.05. The summed E-state index contributed by atoms with van der Waals surface area (Å²) in [4.78, 5) is 11.7. The lowest BCUT2D eigenvalue weighted by molar-refractivity contribution is -0.142. The van der Waals surface area contributed by atoms with Gasteiger partial charge >= 0.3 is 5.97 Å². The Bertz CT molecular complexity index is 607. The summed E-state index contributed by atoms with van der Waals surface area (Å²) < 4.78 is 0. The second kappa shape index (κ2) is 38.1. The molecule has 1 unspecified atom stereocenters. The van der Waals surface area contributed by atoms with Crippen molar-refractivity contribution in [3.8, 4) is 0 Å². The van der Waals surface area contributed by atoms with Crippen LogP contribution in [0.25, 0.3) is 0 Å². The average Bonchev–Trinajstić information content (AvgIpc) is 3.02. The van der Waals surface area contributed by atoms with E-state index in [-0.39, 0.29) is 5.92 Å². The molecule has 0 aliphatic heterocycles. The Morgan fingerprint density at radius 1 is 0.386 bits per heavy atom. The van der Waals surface area contributed by atoms with E-state index in [4.69, 9.17) is 0 Å². The fraction of sp³-hybridized carbons (Fsp3) is 0.881. The number of aliphatic carboxylic acids is 1. The summed E-state index contributed by atoms with van der Waals surface area (Å²) >= 11 is 0. The predicted octanol–water partition coefficient (Wildman–Crippen LogP) is 15.1. The van der Waals surface area contributed by atoms with Gasteiger partial charge in [0.15, 0.2) is 0 Å². The second-order valence-corrected chi connectivity index (χ2v) is 13.9. The van der Waals surface area contributed by atoms with E-state index in [1.54, 1.807) is 0 Å². The average molecular weight is 617 g/mol. The van der Waals surface area contributed by atoms with Crippen LogP contribution >= 0.6 is 0 Å². The number of rotatable bonds is 37. The van der Waals surface area contributed by atoms with Gasteiger partial charge in [-0.15, -0.1) is 0 Å². The Kier molecular flexibility index (Phi) is 37.2. The van der Waals surface area contributed by atoms with Gasteiger partial charge < -0.3 is 5.11 Å². The molecule has 2 heteroatoms. The van der Waals surface area contributed by atoms with Gasteiger partial charge in [0.05, 0.1) is 5.92 Å². The van der Waals surface area contributed by atoms with Gasteiger partial charge in [-0.05, 0) is 64.2 Å². The first kappa shape index (κ1) is 43.0. The van der Waals surface area contributed by atoms with Gasteiger partial charge in [-0.3, -0.25) is 4.79 Å². The number of hydrogen-bond acceptors (Lipinski definition) is 1. The molecular formula is C42H80O2. The standard InChI is InChI=1S/C42H80O2/c1-3-5-7-9-11-13-15-17-19-21-22-23-24-26-28-30-32-34-36-38-40-41(42(43)44)39-37-35-33-31-29-27-25-20-18-16-14-12-10-8-6-4-2/h17-20,41H,3-16,21-40H2,1-2H3,(H,43,44)/b19-17+,20-18+. The quantitative estimate of drug-likeness (QED) is 0.0557. The van der Waals surface area contributed by atoms with Crippen molar-refractivity contribution < 1.29 is 9.90 Å². The molecule has 0 aliphatic carbocycles. The lowest BCUT2D eigenvalue weighted by Crippen LogP contribution is -2.13. The largest absolute Gasteiger partial charge is 0.481 e. The number of carbonyl (C=O) groups is 1. The maximum Gasteiger partial charge on any atom is 0.306 e. The molecule has 2 nitrogen and oxygen atoms in total. The summed E-state index contributed by atoms with van der Waals surface area (Å²) in [7, 11) is 0. The Morgan fingerprint density at radius 3 is 0.864 bits per heavy atom. The zero-order valence-corrected chi connectivity index (χ0v) is 30.3. The van der Waals surface area contributed by atoms with Crippen molar-refractivity contribution >= 4 is 5.97 Å². The Morgan fingerprint density at radius 2 is 0.614 bits per heavy atom. The number of allylic oxidation sites excluding steroid dienone is 4. The highest BCUT2D eigenvalue weighted by molar-refractivity contribution is 5.69. The van der Waals surface area contributed by atoms with Crippen molar-refractivity contribution in [1.82, 2.24) is 0 Å². The number of carboxylic acid groups (broad SMARTS) is 1. The van der Waals surface area contributed by atoms with Crippen molar-refractivity contribution in [2.24, 2.45) is 5.92 Å². The molecule has 0 aromatic rings. The van der Waals surface area contributed by atoms with Crippen LogP contribution in [0.2, 0.25) is 0 Å². The summed E-state index contributed by atoms with van der Waals surface area (Å²) in [5, 5.41) is 9.65. The van der Waals surface area contributed by atoms with Crippen LogP contribution in [0.15, 0.2) is 24.3 Å². The summed E-state index contributed by atoms with van der Waals surface area (Å²) in [5.74, 6) is -0.678. The van der Waals surface area contributed by atoms with Crippen molar-refractivity contribution in [1.29, 1.82) is 0 Å². The zero-order valence-electron chi connectivity index (χ0n) is 30.3. The minimum atomic E-state index is -0.564. The van der Waals surface area contributed by atoms with Crippen LogP contribution in [-0.2, 0) is 4.79 Å². The van der Waals surface area contributed by atoms with Crippen molar-refractivity contribution in [2.75, 3.05) is 0 Å². The van der Waals surface area contributed by atoms with Crippen LogP contribution in [0, 0.1) is 5.92 Å². The van der Waals surface area contributed by atoms with Crippen LogP contribution in [0.1, 0.15) is 232 Å². The molecule has 1 atom stereocenters. The number of unbranched alkanes of at least 4 members (excludes halogenated alkanes) is 28. The third-order valence-corrected chi connectivity index (χ3v) is 9.48. The first-order chi connectivity index (χ1) is 21.7. The minimum Gasteiger partial charge on any atom is -0.481 e. The maximum absolute atomic E-state index is 11.7. The Labute approximate surface area is 277 Å². The predicted molar refractivity (Wildman–Crippen MR) is 198 cm³/mol. The number of carboxylic acids is 1. The van der Waals surface area contributed by atoms with Crippen molar-refractivity contribution in [3.05, 3.63) is 24.3 Å². The normalized spacial score (nSPS) is 12.6. The van der Waals surface area contributed by atoms with E-state index in [2.05, 4.69) is 38.2 Å². The molecular weight excluding hydrogens is 536 g/mol. The monoisotopic (exact) mass is 617 g/mol. The lowest BCUT2D eigenvalue weighted by Gasteiger charge is -2.12. The van der Waals surface area contributed by atoms with Crippen LogP contribution in [0.5, 0.6) is 0 Å². The van der Waals surface area contributed by atoms with Crippen molar-refractivity contribution in [2.45, 2.75) is 232 Å². The minimum absolute atomic E-state index is 0.114. The molecule has 0 spiro atoms. The molecule has 0 saturated carbocycles. The van der Waals surface area contributed by atoms with Crippen LogP contribution in [0.4, 0.5) is 0 Å². The fourth-order valence-corrected chi connectivity index (χ4v) is 6.37. The van der Waals surface area contributed by atoms with Gasteiger partial charge in [-0.2, -0.15) is 0 Å². The van der Waals surface area contributed by atoms with E-state index in [0.717, 1.165) is 25.7 Å². The van der Waals surface area contributed by atoms with E-state index in [1.807, 2.05) is 0 Å². The maximum atomic E-state index is 11.7. The van der Waals surface area contributed by atoms with E-state index >= 15 is 0 Å². The molecule has 0 saturated heterocycles. The highest BCUT2D eigenvalue weighted by Gasteiger charge is 2.16. The third kappa shape index (κ3) is 35.4. The van der Waals surface area contributed by atoms with Crippen LogP contribution < -0.4 is 0 Å². The Balaban J connectivity index is 3.43. The van der Waals surface area contributed by atoms with Crippen molar-refractivity contribution in [3.63, 3.8) is 0 Å². The molecule has 0 rings (SSSR count). The molecule has 0 bridgehead atoms. The van der Waals surface area contributed by atoms with Gasteiger partial charge in [0.25, 0.3) is 0 Å². The third-order valence-electron chi connectivity index (χ3n) is 9.48. The SMILES string of the molecule is CCCCCCCC/C=C/CCCCCCCCCCCCC(CCCCCCCC/C=C/CCCCCCCC)C(=O)O. The smallest absolute Gasteiger partial charge is 0.306 e. The van der Waals surface area contributed by atoms with E-state index in [9.17, 15) is 9.90 Å². The zero-order chi connectivity index (χ0) is 32.0. The van der Waals surface area contributed by atoms with E-state index < -0.39 is 5.97 Å². The van der Waals surface area contributed by atoms with E-state index in [0.29, 0.717) is 0 Å². The summed E-state index contributed by atoms with van der Waals surface area (Å²) in [5.41, 5.74) is 0. The summed E-state index contributed by atoms with van der Waals surface area (Å²) in [6.07, 6.45) is 53.8. The van der Waals surface area contributed by atoms with Gasteiger partial charge in [0, 0.05) is 0 Å². The highest BCUT2D eigenvalue weighted by Crippen LogP contribution is 2.20. The van der Waals surface area contributed by atoms with Gasteiger partial charge in [-0.25, -0.2) is 0 Å². The van der Waals surface area contributed by atoms with Gasteiger partial charge in [0.1, 0.15) is 0 Å². The molecule has 0 amide bonds. The van der Waals surface area contributed by atoms with Crippen LogP contribution in [-0.4, -0.2) is 11.1 Å². The van der Waals surface area contributed by atoms with Gasteiger partial charge in [-0.1, -0.05) is 192 Å². The number of hydrogen-bond donors (Lipinski definition) is 1. The van der Waals surface area contributed by atoms with Crippen LogP contribution in [0.3, 0.4) is 0 Å². The molecule has 0 heterocycles. The first-order valence-corrected chi connectivity index (χ1v) is 20.2. The molecule has 1 N–H and O–H groups in total. The lowest BCUT2D eigenvalue weighted by atomic mass is 9.94. The van der Waals surface area contributed by atoms with Gasteiger partial charge in [0.2, 0.25) is 0 Å². The summed E-state index contributed by atoms with van der Waals surface area (Å²) in [6.45, 7) is 4.56. The summed E-state index contributed by atoms with van der Waals surface area (Å²) in [6, 6.07) is 0. The molecule has 260 valence electrons. The molecule has 0 aliphatic rings. The highest BCUT2D eigenvalue weighted by atomic mass is 16.4. The fourth-order valence-electron chi connectivity index (χ4n) is 6.37.